The molecule has 0 fully saturated rings. The lowest BCUT2D eigenvalue weighted by molar-refractivity contribution is 0.660. The molecule has 9 aromatic carbocycles. The van der Waals surface area contributed by atoms with E-state index in [9.17, 15) is 0 Å². The molecule has 0 unspecified atom stereocenters. The molecule has 0 N–H and O–H groups in total. The first-order chi connectivity index (χ1) is 25.5. The lowest BCUT2D eigenvalue weighted by atomic mass is 9.82. The topological polar surface area (TPSA) is 3.24 Å². The van der Waals surface area contributed by atoms with E-state index in [4.69, 9.17) is 0 Å². The molecule has 1 nitrogen and oxygen atoms in total. The van der Waals surface area contributed by atoms with Gasteiger partial charge < -0.3 is 4.90 Å². The Morgan fingerprint density at radius 1 is 0.365 bits per heavy atom. The minimum atomic E-state index is -0.0435. The number of hydrogen-bond donors (Lipinski definition) is 0. The Labute approximate surface area is 305 Å². The van der Waals surface area contributed by atoms with Crippen LogP contribution in [0.3, 0.4) is 0 Å². The number of benzene rings is 9. The van der Waals surface area contributed by atoms with E-state index >= 15 is 0 Å². The smallest absolute Gasteiger partial charge is 0.0540 e. The van der Waals surface area contributed by atoms with Gasteiger partial charge in [0.2, 0.25) is 0 Å². The average Bonchev–Trinajstić information content (AvgIpc) is 3.43. The Morgan fingerprint density at radius 2 is 0.981 bits per heavy atom. The van der Waals surface area contributed by atoms with Gasteiger partial charge >= 0.3 is 0 Å². The van der Waals surface area contributed by atoms with Gasteiger partial charge in [0.1, 0.15) is 0 Å². The van der Waals surface area contributed by atoms with Crippen molar-refractivity contribution in [2.75, 3.05) is 4.90 Å². The summed E-state index contributed by atoms with van der Waals surface area (Å²) < 4.78 is 0. The fourth-order valence-electron chi connectivity index (χ4n) is 8.62. The molecule has 0 saturated heterocycles. The summed E-state index contributed by atoms with van der Waals surface area (Å²) in [4.78, 5) is 2.43. The van der Waals surface area contributed by atoms with Crippen LogP contribution in [0.2, 0.25) is 0 Å². The zero-order chi connectivity index (χ0) is 34.8. The standard InChI is InChI=1S/C51H37N/c1-51(2)47-18-10-8-17-45(47)46-33-41(29-31-48(46)51)52(49-19-11-9-15-42(49)35-12-4-3-5-13-35)40-27-24-34(25-28-40)38-26-30-44-39(32-38)23-22-37-21-20-36-14-6-7-16-43(36)50(37)44/h3-33H,1-2H3. The van der Waals surface area contributed by atoms with Gasteiger partial charge in [-0.2, -0.15) is 0 Å². The lowest BCUT2D eigenvalue weighted by Gasteiger charge is -2.29. The van der Waals surface area contributed by atoms with Gasteiger partial charge in [-0.1, -0.05) is 166 Å². The van der Waals surface area contributed by atoms with Gasteiger partial charge in [0.05, 0.1) is 5.69 Å². The summed E-state index contributed by atoms with van der Waals surface area (Å²) in [7, 11) is 0. The fraction of sp³-hybridized carbons (Fsp3) is 0.0588. The van der Waals surface area contributed by atoms with Crippen LogP contribution in [0.5, 0.6) is 0 Å². The van der Waals surface area contributed by atoms with Crippen LogP contribution in [-0.4, -0.2) is 0 Å². The van der Waals surface area contributed by atoms with E-state index in [-0.39, 0.29) is 5.41 Å². The van der Waals surface area contributed by atoms with Crippen molar-refractivity contribution < 1.29 is 0 Å². The fourth-order valence-corrected chi connectivity index (χ4v) is 8.62. The number of para-hydroxylation sites is 1. The maximum atomic E-state index is 2.43. The van der Waals surface area contributed by atoms with Gasteiger partial charge in [0, 0.05) is 22.4 Å². The largest absolute Gasteiger partial charge is 0.310 e. The number of nitrogens with zero attached hydrogens (tertiary/aromatic N) is 1. The van der Waals surface area contributed by atoms with Crippen molar-refractivity contribution in [3.63, 3.8) is 0 Å². The predicted molar refractivity (Wildman–Crippen MR) is 222 cm³/mol. The SMILES string of the molecule is CC1(C)c2ccccc2-c2cc(N(c3ccc(-c4ccc5c(ccc6ccc7ccccc7c65)c4)cc3)c3ccccc3-c3ccccc3)ccc21. The molecule has 9 aromatic rings. The maximum Gasteiger partial charge on any atom is 0.0540 e. The first kappa shape index (κ1) is 30.4. The Hall–Kier alpha value is -6.44. The first-order valence-corrected chi connectivity index (χ1v) is 18.2. The molecule has 0 heterocycles. The summed E-state index contributed by atoms with van der Waals surface area (Å²) in [5.41, 5.74) is 13.6. The van der Waals surface area contributed by atoms with Crippen molar-refractivity contribution in [1.82, 2.24) is 0 Å². The van der Waals surface area contributed by atoms with E-state index in [0.29, 0.717) is 0 Å². The molecule has 0 saturated carbocycles. The molecule has 0 spiro atoms. The van der Waals surface area contributed by atoms with Crippen LogP contribution in [0, 0.1) is 0 Å². The third-order valence-corrected chi connectivity index (χ3v) is 11.2. The zero-order valence-electron chi connectivity index (χ0n) is 29.3. The molecular weight excluding hydrogens is 627 g/mol. The highest BCUT2D eigenvalue weighted by Gasteiger charge is 2.35. The van der Waals surface area contributed by atoms with E-state index in [2.05, 4.69) is 207 Å². The molecule has 0 radical (unpaired) electrons. The van der Waals surface area contributed by atoms with Crippen LogP contribution in [0.4, 0.5) is 17.1 Å². The van der Waals surface area contributed by atoms with E-state index in [0.717, 1.165) is 17.1 Å². The normalized spacial score (nSPS) is 13.0. The number of anilines is 3. The molecule has 0 amide bonds. The second-order valence-corrected chi connectivity index (χ2v) is 14.6. The van der Waals surface area contributed by atoms with Crippen molar-refractivity contribution in [2.45, 2.75) is 19.3 Å². The minimum absolute atomic E-state index is 0.0435. The number of fused-ring (bicyclic) bond motifs is 8. The molecule has 1 aliphatic rings. The predicted octanol–water partition coefficient (Wildman–Crippen LogP) is 14.3. The molecule has 0 aromatic heterocycles. The lowest BCUT2D eigenvalue weighted by Crippen LogP contribution is -2.15. The summed E-state index contributed by atoms with van der Waals surface area (Å²) in [5, 5.41) is 7.72. The molecule has 1 aliphatic carbocycles. The van der Waals surface area contributed by atoms with Gasteiger partial charge in [0.25, 0.3) is 0 Å². The van der Waals surface area contributed by atoms with Gasteiger partial charge in [-0.3, -0.25) is 0 Å². The van der Waals surface area contributed by atoms with Crippen LogP contribution in [0.25, 0.3) is 65.7 Å². The van der Waals surface area contributed by atoms with Gasteiger partial charge in [0.15, 0.2) is 0 Å². The van der Waals surface area contributed by atoms with E-state index < -0.39 is 0 Å². The third kappa shape index (κ3) is 4.77. The molecule has 246 valence electrons. The highest BCUT2D eigenvalue weighted by molar-refractivity contribution is 6.20. The van der Waals surface area contributed by atoms with Crippen molar-refractivity contribution in [3.05, 3.63) is 199 Å². The highest BCUT2D eigenvalue weighted by Crippen LogP contribution is 2.51. The van der Waals surface area contributed by atoms with Crippen LogP contribution < -0.4 is 4.90 Å². The minimum Gasteiger partial charge on any atom is -0.310 e. The summed E-state index contributed by atoms with van der Waals surface area (Å²) in [5.74, 6) is 0. The number of rotatable bonds is 5. The molecular formula is C51H37N. The summed E-state index contributed by atoms with van der Waals surface area (Å²) in [6.45, 7) is 4.69. The van der Waals surface area contributed by atoms with Gasteiger partial charge in [-0.05, 0) is 108 Å². The summed E-state index contributed by atoms with van der Waals surface area (Å²) >= 11 is 0. The van der Waals surface area contributed by atoms with Crippen LogP contribution >= 0.6 is 0 Å². The van der Waals surface area contributed by atoms with Crippen molar-refractivity contribution in [2.24, 2.45) is 0 Å². The van der Waals surface area contributed by atoms with Crippen LogP contribution in [0.15, 0.2) is 188 Å². The third-order valence-electron chi connectivity index (χ3n) is 11.2. The van der Waals surface area contributed by atoms with Gasteiger partial charge in [-0.25, -0.2) is 0 Å². The van der Waals surface area contributed by atoms with E-state index in [1.807, 2.05) is 0 Å². The first-order valence-electron chi connectivity index (χ1n) is 18.2. The van der Waals surface area contributed by atoms with E-state index in [1.165, 1.54) is 76.8 Å². The van der Waals surface area contributed by atoms with Crippen molar-refractivity contribution in [1.29, 1.82) is 0 Å². The van der Waals surface area contributed by atoms with Crippen molar-refractivity contribution >= 4 is 49.4 Å². The van der Waals surface area contributed by atoms with E-state index in [1.54, 1.807) is 0 Å². The molecule has 0 bridgehead atoms. The molecule has 1 heteroatoms. The quantitative estimate of drug-likeness (QED) is 0.166. The summed E-state index contributed by atoms with van der Waals surface area (Å²) in [6.07, 6.45) is 0. The Balaban J connectivity index is 1.10. The second-order valence-electron chi connectivity index (χ2n) is 14.6. The van der Waals surface area contributed by atoms with Crippen LogP contribution in [0.1, 0.15) is 25.0 Å². The van der Waals surface area contributed by atoms with Crippen molar-refractivity contribution in [3.8, 4) is 33.4 Å². The maximum absolute atomic E-state index is 2.43. The van der Waals surface area contributed by atoms with Gasteiger partial charge in [-0.15, -0.1) is 0 Å². The Bertz CT molecular complexity index is 2810. The molecule has 52 heavy (non-hydrogen) atoms. The molecule has 10 rings (SSSR count). The summed E-state index contributed by atoms with van der Waals surface area (Å²) in [6, 6.07) is 69.2. The second kappa shape index (κ2) is 11.8. The average molecular weight is 664 g/mol. The number of hydrogen-bond acceptors (Lipinski definition) is 1. The highest BCUT2D eigenvalue weighted by atomic mass is 15.1. The monoisotopic (exact) mass is 663 g/mol. The Kier molecular flexibility index (Phi) is 6.91. The molecule has 0 aliphatic heterocycles. The Morgan fingerprint density at radius 3 is 1.83 bits per heavy atom. The zero-order valence-corrected chi connectivity index (χ0v) is 29.3. The van der Waals surface area contributed by atoms with Crippen LogP contribution in [-0.2, 0) is 5.41 Å². The molecule has 0 atom stereocenters.